The quantitative estimate of drug-likeness (QED) is 0.351. The van der Waals surface area contributed by atoms with Crippen LogP contribution in [0.2, 0.25) is 0 Å². The number of benzene rings is 1. The molecule has 0 saturated carbocycles. The highest BCUT2D eigenvalue weighted by molar-refractivity contribution is 7.99. The molecule has 0 atom stereocenters. The molecular formula is C20H36N4OS. The SMILES string of the molecule is CCNC(=NCc1ccc(OCCCN(C)C)cc1)NCC(C)(C)SC. The fourth-order valence-electron chi connectivity index (χ4n) is 2.14. The molecule has 0 fully saturated rings. The van der Waals surface area contributed by atoms with Crippen LogP contribution in [0.15, 0.2) is 29.3 Å². The van der Waals surface area contributed by atoms with Crippen molar-refractivity contribution in [1.82, 2.24) is 15.5 Å². The van der Waals surface area contributed by atoms with Crippen LogP contribution in [-0.2, 0) is 6.54 Å². The van der Waals surface area contributed by atoms with Gasteiger partial charge in [0.05, 0.1) is 13.2 Å². The molecular weight excluding hydrogens is 344 g/mol. The third-order valence-corrected chi connectivity index (χ3v) is 5.19. The molecule has 0 spiro atoms. The van der Waals surface area contributed by atoms with Crippen molar-refractivity contribution in [3.05, 3.63) is 29.8 Å². The summed E-state index contributed by atoms with van der Waals surface area (Å²) >= 11 is 1.85. The van der Waals surface area contributed by atoms with Crippen LogP contribution in [0, 0.1) is 0 Å². The van der Waals surface area contributed by atoms with E-state index >= 15 is 0 Å². The van der Waals surface area contributed by atoms with Gasteiger partial charge in [0.1, 0.15) is 5.75 Å². The largest absolute Gasteiger partial charge is 0.494 e. The first-order chi connectivity index (χ1) is 12.4. The summed E-state index contributed by atoms with van der Waals surface area (Å²) in [6.45, 7) is 10.7. The molecule has 0 aromatic heterocycles. The summed E-state index contributed by atoms with van der Waals surface area (Å²) in [7, 11) is 4.15. The fraction of sp³-hybridized carbons (Fsp3) is 0.650. The zero-order valence-electron chi connectivity index (χ0n) is 17.3. The van der Waals surface area contributed by atoms with E-state index in [4.69, 9.17) is 4.74 Å². The van der Waals surface area contributed by atoms with E-state index in [1.807, 2.05) is 23.9 Å². The van der Waals surface area contributed by atoms with E-state index in [2.05, 4.69) is 73.8 Å². The van der Waals surface area contributed by atoms with Crippen LogP contribution in [0.3, 0.4) is 0 Å². The summed E-state index contributed by atoms with van der Waals surface area (Å²) in [5.74, 6) is 1.78. The number of guanidine groups is 1. The minimum absolute atomic E-state index is 0.182. The molecule has 0 heterocycles. The normalized spacial score (nSPS) is 12.3. The van der Waals surface area contributed by atoms with Crippen molar-refractivity contribution >= 4 is 17.7 Å². The van der Waals surface area contributed by atoms with E-state index in [1.165, 1.54) is 5.56 Å². The van der Waals surface area contributed by atoms with Crippen molar-refractivity contribution in [2.75, 3.05) is 46.6 Å². The topological polar surface area (TPSA) is 48.9 Å². The molecule has 0 amide bonds. The molecule has 0 radical (unpaired) electrons. The van der Waals surface area contributed by atoms with Gasteiger partial charge in [-0.1, -0.05) is 12.1 Å². The van der Waals surface area contributed by atoms with Crippen LogP contribution in [0.1, 0.15) is 32.8 Å². The first-order valence-electron chi connectivity index (χ1n) is 9.30. The van der Waals surface area contributed by atoms with Gasteiger partial charge < -0.3 is 20.3 Å². The number of aliphatic imine (C=N–C) groups is 1. The number of rotatable bonds is 11. The third-order valence-electron chi connectivity index (χ3n) is 3.94. The average Bonchev–Trinajstić information content (AvgIpc) is 2.62. The van der Waals surface area contributed by atoms with Gasteiger partial charge in [0.2, 0.25) is 0 Å². The summed E-state index contributed by atoms with van der Waals surface area (Å²) in [5, 5.41) is 6.73. The highest BCUT2D eigenvalue weighted by Gasteiger charge is 2.16. The van der Waals surface area contributed by atoms with Crippen molar-refractivity contribution in [3.8, 4) is 5.75 Å². The van der Waals surface area contributed by atoms with Crippen LogP contribution in [0.25, 0.3) is 0 Å². The van der Waals surface area contributed by atoms with Gasteiger partial charge in [0, 0.05) is 24.4 Å². The summed E-state index contributed by atoms with van der Waals surface area (Å²) < 4.78 is 5.96. The highest BCUT2D eigenvalue weighted by atomic mass is 32.2. The molecule has 26 heavy (non-hydrogen) atoms. The Balaban J connectivity index is 2.50. The molecule has 2 N–H and O–H groups in total. The smallest absolute Gasteiger partial charge is 0.191 e. The van der Waals surface area contributed by atoms with E-state index in [-0.39, 0.29) is 4.75 Å². The second-order valence-corrected chi connectivity index (χ2v) is 8.68. The molecule has 1 aromatic rings. The number of thioether (sulfide) groups is 1. The second kappa shape index (κ2) is 12.1. The van der Waals surface area contributed by atoms with Crippen LogP contribution >= 0.6 is 11.8 Å². The Morgan fingerprint density at radius 1 is 1.19 bits per heavy atom. The van der Waals surface area contributed by atoms with Gasteiger partial charge in [-0.3, -0.25) is 0 Å². The Hall–Kier alpha value is -1.40. The lowest BCUT2D eigenvalue weighted by atomic mass is 10.2. The molecule has 0 bridgehead atoms. The zero-order valence-corrected chi connectivity index (χ0v) is 18.1. The Bertz CT molecular complexity index is 529. The third kappa shape index (κ3) is 9.92. The minimum atomic E-state index is 0.182. The van der Waals surface area contributed by atoms with Gasteiger partial charge in [0.25, 0.3) is 0 Å². The predicted molar refractivity (Wildman–Crippen MR) is 116 cm³/mol. The maximum Gasteiger partial charge on any atom is 0.191 e. The molecule has 5 nitrogen and oxygen atoms in total. The van der Waals surface area contributed by atoms with E-state index in [1.54, 1.807) is 0 Å². The van der Waals surface area contributed by atoms with Crippen LogP contribution in [0.4, 0.5) is 0 Å². The predicted octanol–water partition coefficient (Wildman–Crippen LogP) is 3.21. The van der Waals surface area contributed by atoms with E-state index in [0.29, 0.717) is 6.54 Å². The highest BCUT2D eigenvalue weighted by Crippen LogP contribution is 2.19. The number of nitrogens with zero attached hydrogens (tertiary/aromatic N) is 2. The van der Waals surface area contributed by atoms with Crippen molar-refractivity contribution < 1.29 is 4.74 Å². The van der Waals surface area contributed by atoms with Gasteiger partial charge >= 0.3 is 0 Å². The second-order valence-electron chi connectivity index (χ2n) is 7.16. The van der Waals surface area contributed by atoms with Crippen molar-refractivity contribution in [3.63, 3.8) is 0 Å². The van der Waals surface area contributed by atoms with E-state index in [9.17, 15) is 0 Å². The summed E-state index contributed by atoms with van der Waals surface area (Å²) in [5.41, 5.74) is 1.17. The van der Waals surface area contributed by atoms with Gasteiger partial charge in [-0.2, -0.15) is 11.8 Å². The molecule has 1 aromatic carbocycles. The maximum absolute atomic E-state index is 5.77. The summed E-state index contributed by atoms with van der Waals surface area (Å²) in [6.07, 6.45) is 3.17. The van der Waals surface area contributed by atoms with Crippen LogP contribution in [-0.4, -0.2) is 62.2 Å². The lowest BCUT2D eigenvalue weighted by Crippen LogP contribution is -2.43. The Labute approximate surface area is 164 Å². The summed E-state index contributed by atoms with van der Waals surface area (Å²) in [4.78, 5) is 6.85. The Morgan fingerprint density at radius 3 is 2.46 bits per heavy atom. The molecule has 0 aliphatic heterocycles. The monoisotopic (exact) mass is 380 g/mol. The number of ether oxygens (including phenoxy) is 1. The first-order valence-corrected chi connectivity index (χ1v) is 10.5. The Morgan fingerprint density at radius 2 is 1.88 bits per heavy atom. The van der Waals surface area contributed by atoms with Gasteiger partial charge in [-0.05, 0) is 65.2 Å². The maximum atomic E-state index is 5.77. The average molecular weight is 381 g/mol. The van der Waals surface area contributed by atoms with Gasteiger partial charge in [-0.15, -0.1) is 0 Å². The molecule has 6 heteroatoms. The number of nitrogens with one attached hydrogen (secondary N) is 2. The summed E-state index contributed by atoms with van der Waals surface area (Å²) in [6, 6.07) is 8.22. The number of hydrogen-bond acceptors (Lipinski definition) is 4. The van der Waals surface area contributed by atoms with Crippen molar-refractivity contribution in [1.29, 1.82) is 0 Å². The van der Waals surface area contributed by atoms with Crippen LogP contribution in [0.5, 0.6) is 5.75 Å². The van der Waals surface area contributed by atoms with E-state index < -0.39 is 0 Å². The first kappa shape index (κ1) is 22.6. The molecule has 0 unspecified atom stereocenters. The zero-order chi connectivity index (χ0) is 19.4. The molecule has 1 rings (SSSR count). The lowest BCUT2D eigenvalue weighted by Gasteiger charge is -2.23. The minimum Gasteiger partial charge on any atom is -0.494 e. The van der Waals surface area contributed by atoms with Crippen molar-refractivity contribution in [2.24, 2.45) is 4.99 Å². The van der Waals surface area contributed by atoms with E-state index in [0.717, 1.165) is 44.4 Å². The van der Waals surface area contributed by atoms with Gasteiger partial charge in [0.15, 0.2) is 5.96 Å². The van der Waals surface area contributed by atoms with Crippen molar-refractivity contribution in [2.45, 2.75) is 38.5 Å². The lowest BCUT2D eigenvalue weighted by molar-refractivity contribution is 0.281. The molecule has 0 saturated heterocycles. The molecule has 0 aliphatic rings. The molecule has 0 aliphatic carbocycles. The van der Waals surface area contributed by atoms with Crippen LogP contribution < -0.4 is 15.4 Å². The molecule has 148 valence electrons. The number of hydrogen-bond donors (Lipinski definition) is 2. The standard InChI is InChI=1S/C20H36N4OS/c1-7-21-19(23-16-20(2,3)26-6)22-15-17-9-11-18(12-10-17)25-14-8-13-24(4)5/h9-12H,7-8,13-16H2,1-6H3,(H2,21,22,23). The Kier molecular flexibility index (Phi) is 10.5. The fourth-order valence-corrected chi connectivity index (χ4v) is 2.36. The van der Waals surface area contributed by atoms with Gasteiger partial charge in [-0.25, -0.2) is 4.99 Å².